The van der Waals surface area contributed by atoms with Crippen molar-refractivity contribution in [3.05, 3.63) is 65.5 Å². The van der Waals surface area contributed by atoms with E-state index in [1.54, 1.807) is 6.20 Å². The lowest BCUT2D eigenvalue weighted by molar-refractivity contribution is 0.0531. The van der Waals surface area contributed by atoms with E-state index in [1.807, 2.05) is 30.3 Å². The van der Waals surface area contributed by atoms with E-state index in [0.29, 0.717) is 18.3 Å². The summed E-state index contributed by atoms with van der Waals surface area (Å²) in [6.45, 7) is 8.59. The summed E-state index contributed by atoms with van der Waals surface area (Å²) in [6, 6.07) is 14.0. The van der Waals surface area contributed by atoms with Gasteiger partial charge in [0.15, 0.2) is 0 Å². The number of hydrogen-bond acceptors (Lipinski definition) is 2. The molecule has 1 atom stereocenters. The van der Waals surface area contributed by atoms with Gasteiger partial charge in [0.05, 0.1) is 5.69 Å². The molecule has 0 amide bonds. The van der Waals surface area contributed by atoms with Crippen LogP contribution in [0.1, 0.15) is 56.9 Å². The predicted octanol–water partition coefficient (Wildman–Crippen LogP) is 4.49. The number of benzene rings is 1. The highest BCUT2D eigenvalue weighted by atomic mass is 16.3. The summed E-state index contributed by atoms with van der Waals surface area (Å²) >= 11 is 0. The number of hydrogen-bond donors (Lipinski definition) is 1. The Bertz CT molecular complexity index is 560. The van der Waals surface area contributed by atoms with Gasteiger partial charge in [-0.3, -0.25) is 4.98 Å². The second kappa shape index (κ2) is 6.40. The molecule has 0 fully saturated rings. The maximum absolute atomic E-state index is 11.3. The Morgan fingerprint density at radius 2 is 1.67 bits per heavy atom. The largest absolute Gasteiger partial charge is 0.379 e. The van der Waals surface area contributed by atoms with Crippen LogP contribution in [0.25, 0.3) is 0 Å². The van der Waals surface area contributed by atoms with Crippen LogP contribution in [-0.2, 0) is 5.60 Å². The van der Waals surface area contributed by atoms with Crippen LogP contribution in [0.3, 0.4) is 0 Å². The van der Waals surface area contributed by atoms with Crippen LogP contribution in [0, 0.1) is 5.92 Å². The normalized spacial score (nSPS) is 14.4. The summed E-state index contributed by atoms with van der Waals surface area (Å²) in [6.07, 6.45) is 2.40. The lowest BCUT2D eigenvalue weighted by Crippen LogP contribution is -2.30. The summed E-state index contributed by atoms with van der Waals surface area (Å²) in [5.74, 6) is 0.869. The second-order valence-corrected chi connectivity index (χ2v) is 6.45. The fourth-order valence-corrected chi connectivity index (χ4v) is 2.71. The molecule has 1 unspecified atom stereocenters. The van der Waals surface area contributed by atoms with E-state index >= 15 is 0 Å². The standard InChI is InChI=1S/C19H25NO/c1-14(2)13-19(21,18-7-5-6-12-20-18)17-10-8-16(9-11-17)15(3)4/h5-12,14-15,21H,13H2,1-4H3. The molecule has 0 saturated heterocycles. The lowest BCUT2D eigenvalue weighted by atomic mass is 9.82. The van der Waals surface area contributed by atoms with E-state index in [1.165, 1.54) is 5.56 Å². The third kappa shape index (κ3) is 3.51. The lowest BCUT2D eigenvalue weighted by Gasteiger charge is -2.30. The highest BCUT2D eigenvalue weighted by molar-refractivity contribution is 5.35. The number of rotatable bonds is 5. The molecule has 2 rings (SSSR count). The van der Waals surface area contributed by atoms with Crippen LogP contribution >= 0.6 is 0 Å². The predicted molar refractivity (Wildman–Crippen MR) is 87.2 cm³/mol. The van der Waals surface area contributed by atoms with Crippen molar-refractivity contribution >= 4 is 0 Å². The maximum atomic E-state index is 11.3. The molecule has 1 aromatic carbocycles. The summed E-state index contributed by atoms with van der Waals surface area (Å²) in [4.78, 5) is 4.39. The molecule has 2 heteroatoms. The molecule has 1 N–H and O–H groups in total. The Labute approximate surface area is 127 Å². The van der Waals surface area contributed by atoms with Crippen molar-refractivity contribution in [1.82, 2.24) is 4.98 Å². The first-order valence-corrected chi connectivity index (χ1v) is 7.68. The highest BCUT2D eigenvalue weighted by Crippen LogP contribution is 2.35. The summed E-state index contributed by atoms with van der Waals surface area (Å²) in [5, 5.41) is 11.3. The third-order valence-electron chi connectivity index (χ3n) is 3.85. The van der Waals surface area contributed by atoms with Gasteiger partial charge in [-0.1, -0.05) is 58.0 Å². The molecule has 0 aliphatic rings. The van der Waals surface area contributed by atoms with E-state index in [0.717, 1.165) is 11.3 Å². The molecular formula is C19H25NO. The van der Waals surface area contributed by atoms with Crippen LogP contribution in [0.2, 0.25) is 0 Å². The van der Waals surface area contributed by atoms with Crippen molar-refractivity contribution in [2.75, 3.05) is 0 Å². The molecule has 0 radical (unpaired) electrons. The van der Waals surface area contributed by atoms with Crippen molar-refractivity contribution < 1.29 is 5.11 Å². The van der Waals surface area contributed by atoms with Gasteiger partial charge in [0.25, 0.3) is 0 Å². The summed E-state index contributed by atoms with van der Waals surface area (Å²) in [5.41, 5.74) is 1.90. The van der Waals surface area contributed by atoms with Gasteiger partial charge in [-0.15, -0.1) is 0 Å². The summed E-state index contributed by atoms with van der Waals surface area (Å²) in [7, 11) is 0. The number of nitrogens with zero attached hydrogens (tertiary/aromatic N) is 1. The fraction of sp³-hybridized carbons (Fsp3) is 0.421. The quantitative estimate of drug-likeness (QED) is 0.877. The average molecular weight is 283 g/mol. The minimum atomic E-state index is -1.02. The Balaban J connectivity index is 2.45. The minimum Gasteiger partial charge on any atom is -0.379 e. The van der Waals surface area contributed by atoms with E-state index in [4.69, 9.17) is 0 Å². The van der Waals surface area contributed by atoms with Crippen LogP contribution in [0.15, 0.2) is 48.7 Å². The van der Waals surface area contributed by atoms with E-state index < -0.39 is 5.60 Å². The van der Waals surface area contributed by atoms with Gasteiger partial charge in [0.2, 0.25) is 0 Å². The molecule has 0 aliphatic carbocycles. The van der Waals surface area contributed by atoms with Crippen LogP contribution in [0.5, 0.6) is 0 Å². The van der Waals surface area contributed by atoms with Crippen molar-refractivity contribution in [3.8, 4) is 0 Å². The SMILES string of the molecule is CC(C)CC(O)(c1ccc(C(C)C)cc1)c1ccccn1. The average Bonchev–Trinajstić information content (AvgIpc) is 2.47. The molecule has 112 valence electrons. The van der Waals surface area contributed by atoms with Gasteiger partial charge in [-0.2, -0.15) is 0 Å². The molecule has 2 nitrogen and oxygen atoms in total. The molecule has 1 aromatic heterocycles. The molecule has 0 spiro atoms. The Morgan fingerprint density at radius 3 is 2.14 bits per heavy atom. The van der Waals surface area contributed by atoms with Crippen LogP contribution < -0.4 is 0 Å². The zero-order valence-electron chi connectivity index (χ0n) is 13.4. The Kier molecular flexibility index (Phi) is 4.79. The monoisotopic (exact) mass is 283 g/mol. The minimum absolute atomic E-state index is 0.377. The first kappa shape index (κ1) is 15.7. The maximum Gasteiger partial charge on any atom is 0.132 e. The zero-order valence-corrected chi connectivity index (χ0v) is 13.4. The molecule has 1 heterocycles. The fourth-order valence-electron chi connectivity index (χ4n) is 2.71. The van der Waals surface area contributed by atoms with Gasteiger partial charge in [-0.25, -0.2) is 0 Å². The topological polar surface area (TPSA) is 33.1 Å². The van der Waals surface area contributed by atoms with Crippen molar-refractivity contribution in [2.45, 2.75) is 45.6 Å². The smallest absolute Gasteiger partial charge is 0.132 e. The zero-order chi connectivity index (χ0) is 15.5. The van der Waals surface area contributed by atoms with Crippen molar-refractivity contribution in [1.29, 1.82) is 0 Å². The Morgan fingerprint density at radius 1 is 1.00 bits per heavy atom. The molecule has 21 heavy (non-hydrogen) atoms. The van der Waals surface area contributed by atoms with Crippen LogP contribution in [-0.4, -0.2) is 10.1 Å². The first-order chi connectivity index (χ1) is 9.93. The highest BCUT2D eigenvalue weighted by Gasteiger charge is 2.33. The van der Waals surface area contributed by atoms with Gasteiger partial charge < -0.3 is 5.11 Å². The van der Waals surface area contributed by atoms with E-state index in [2.05, 4.69) is 44.8 Å². The van der Waals surface area contributed by atoms with E-state index in [-0.39, 0.29) is 0 Å². The molecule has 2 aromatic rings. The van der Waals surface area contributed by atoms with Gasteiger partial charge in [-0.05, 0) is 41.5 Å². The number of aromatic nitrogens is 1. The number of pyridine rings is 1. The van der Waals surface area contributed by atoms with Gasteiger partial charge in [0, 0.05) is 6.20 Å². The van der Waals surface area contributed by atoms with Crippen molar-refractivity contribution in [3.63, 3.8) is 0 Å². The second-order valence-electron chi connectivity index (χ2n) is 6.45. The number of aliphatic hydroxyl groups is 1. The van der Waals surface area contributed by atoms with E-state index in [9.17, 15) is 5.11 Å². The molecule has 0 saturated carbocycles. The van der Waals surface area contributed by atoms with Crippen LogP contribution in [0.4, 0.5) is 0 Å². The van der Waals surface area contributed by atoms with Gasteiger partial charge >= 0.3 is 0 Å². The molecule has 0 bridgehead atoms. The van der Waals surface area contributed by atoms with Crippen molar-refractivity contribution in [2.24, 2.45) is 5.92 Å². The van der Waals surface area contributed by atoms with Gasteiger partial charge in [0.1, 0.15) is 5.60 Å². The first-order valence-electron chi connectivity index (χ1n) is 7.68. The summed E-state index contributed by atoms with van der Waals surface area (Å²) < 4.78 is 0. The third-order valence-corrected chi connectivity index (χ3v) is 3.85. The Hall–Kier alpha value is -1.67. The molecular weight excluding hydrogens is 258 g/mol. The molecule has 0 aliphatic heterocycles.